The zero-order valence-corrected chi connectivity index (χ0v) is 24.8. The lowest BCUT2D eigenvalue weighted by Gasteiger charge is -2.12. The fraction of sp³-hybridized carbons (Fsp3) is 0.222. The molecule has 0 aliphatic heterocycles. The molecule has 3 aromatic carbocycles. The van der Waals surface area contributed by atoms with Gasteiger partial charge in [-0.25, -0.2) is 9.13 Å². The minimum atomic E-state index is 1.04. The van der Waals surface area contributed by atoms with Crippen molar-refractivity contribution in [1.29, 1.82) is 0 Å². The summed E-state index contributed by atoms with van der Waals surface area (Å²) in [6.45, 7) is 6.34. The first-order valence-electron chi connectivity index (χ1n) is 13.9. The maximum absolute atomic E-state index is 3.35. The first-order valence-corrected chi connectivity index (χ1v) is 13.9. The van der Waals surface area contributed by atoms with E-state index < -0.39 is 0 Å². The fourth-order valence-electron chi connectivity index (χ4n) is 3.95. The number of benzene rings is 3. The summed E-state index contributed by atoms with van der Waals surface area (Å²) in [5, 5.41) is 0. The number of anilines is 2. The SMILES string of the molecule is CC[n+]1ccc(N(C)C)cc1.CC[n+]1ccc(N(C)C)cc1.[c-]1cc(-c2ccccc2)ccc1-c1ccccc1. The third-order valence-electron chi connectivity index (χ3n) is 6.51. The van der Waals surface area contributed by atoms with Gasteiger partial charge in [0, 0.05) is 63.8 Å². The van der Waals surface area contributed by atoms with Gasteiger partial charge in [-0.05, 0) is 13.8 Å². The van der Waals surface area contributed by atoms with Crippen LogP contribution in [0.4, 0.5) is 11.4 Å². The van der Waals surface area contributed by atoms with Crippen molar-refractivity contribution in [3.63, 3.8) is 0 Å². The van der Waals surface area contributed by atoms with Crippen LogP contribution >= 0.6 is 0 Å². The maximum Gasteiger partial charge on any atom is 0.170 e. The lowest BCUT2D eigenvalue weighted by atomic mass is 10.0. The van der Waals surface area contributed by atoms with Crippen molar-refractivity contribution in [1.82, 2.24) is 0 Å². The Labute approximate surface area is 241 Å². The molecule has 40 heavy (non-hydrogen) atoms. The van der Waals surface area contributed by atoms with Crippen LogP contribution in [-0.4, -0.2) is 28.2 Å². The molecule has 0 saturated carbocycles. The van der Waals surface area contributed by atoms with E-state index in [4.69, 9.17) is 0 Å². The minimum Gasteiger partial charge on any atom is -0.377 e. The molecule has 0 N–H and O–H groups in total. The van der Waals surface area contributed by atoms with Crippen molar-refractivity contribution >= 4 is 11.4 Å². The molecule has 5 rings (SSSR count). The largest absolute Gasteiger partial charge is 0.377 e. The lowest BCUT2D eigenvalue weighted by Crippen LogP contribution is -2.31. The average molecular weight is 532 g/mol. The van der Waals surface area contributed by atoms with Crippen LogP contribution in [0.25, 0.3) is 22.3 Å². The molecule has 0 aliphatic carbocycles. The zero-order chi connectivity index (χ0) is 28.7. The molecule has 0 amide bonds. The topological polar surface area (TPSA) is 14.2 Å². The number of aromatic nitrogens is 2. The first kappa shape index (κ1) is 30.1. The van der Waals surface area contributed by atoms with Crippen LogP contribution in [0.5, 0.6) is 0 Å². The summed E-state index contributed by atoms with van der Waals surface area (Å²) < 4.78 is 4.29. The Hall–Kier alpha value is -4.44. The van der Waals surface area contributed by atoms with E-state index in [0.717, 1.165) is 18.7 Å². The molecular weight excluding hydrogens is 488 g/mol. The smallest absolute Gasteiger partial charge is 0.170 e. The van der Waals surface area contributed by atoms with Crippen LogP contribution in [0.1, 0.15) is 13.8 Å². The summed E-state index contributed by atoms with van der Waals surface area (Å²) in [7, 11) is 8.19. The predicted octanol–water partition coefficient (Wildman–Crippen LogP) is 6.94. The summed E-state index contributed by atoms with van der Waals surface area (Å²) in [4.78, 5) is 4.19. The van der Waals surface area contributed by atoms with Crippen molar-refractivity contribution in [3.05, 3.63) is 134 Å². The normalized spacial score (nSPS) is 9.95. The Morgan fingerprint density at radius 3 is 1.27 bits per heavy atom. The molecule has 0 saturated heterocycles. The Bertz CT molecular complexity index is 1250. The van der Waals surface area contributed by atoms with Crippen molar-refractivity contribution in [2.24, 2.45) is 0 Å². The average Bonchev–Trinajstić information content (AvgIpc) is 3.02. The predicted molar refractivity (Wildman–Crippen MR) is 169 cm³/mol. The molecular formula is C36H43N4+. The quantitative estimate of drug-likeness (QED) is 0.174. The lowest BCUT2D eigenvalue weighted by molar-refractivity contribution is -0.693. The highest BCUT2D eigenvalue weighted by Crippen LogP contribution is 2.23. The molecule has 5 aromatic rings. The molecule has 2 heterocycles. The minimum absolute atomic E-state index is 1.04. The van der Waals surface area contributed by atoms with Gasteiger partial charge in [-0.3, -0.25) is 0 Å². The van der Waals surface area contributed by atoms with Crippen molar-refractivity contribution in [2.45, 2.75) is 26.9 Å². The van der Waals surface area contributed by atoms with E-state index in [1.807, 2.05) is 52.5 Å². The van der Waals surface area contributed by atoms with Crippen LogP contribution in [0, 0.1) is 6.07 Å². The first-order chi connectivity index (χ1) is 19.4. The van der Waals surface area contributed by atoms with Gasteiger partial charge in [-0.2, -0.15) is 0 Å². The van der Waals surface area contributed by atoms with Gasteiger partial charge in [0.1, 0.15) is 13.1 Å². The molecule has 4 nitrogen and oxygen atoms in total. The number of aryl methyl sites for hydroxylation is 2. The van der Waals surface area contributed by atoms with E-state index in [-0.39, 0.29) is 0 Å². The zero-order valence-electron chi connectivity index (χ0n) is 24.8. The summed E-state index contributed by atoms with van der Waals surface area (Å²) in [5.74, 6) is 0. The monoisotopic (exact) mass is 531 g/mol. The van der Waals surface area contributed by atoms with Gasteiger partial charge in [-0.1, -0.05) is 77.4 Å². The van der Waals surface area contributed by atoms with E-state index in [1.54, 1.807) is 0 Å². The second-order valence-electron chi connectivity index (χ2n) is 9.79. The van der Waals surface area contributed by atoms with E-state index in [2.05, 4.69) is 142 Å². The van der Waals surface area contributed by atoms with Gasteiger partial charge in [0.15, 0.2) is 24.8 Å². The summed E-state index contributed by atoms with van der Waals surface area (Å²) in [5.41, 5.74) is 7.26. The van der Waals surface area contributed by atoms with Gasteiger partial charge < -0.3 is 9.80 Å². The van der Waals surface area contributed by atoms with Crippen LogP contribution in [-0.2, 0) is 13.1 Å². The van der Waals surface area contributed by atoms with Gasteiger partial charge in [0.25, 0.3) is 0 Å². The van der Waals surface area contributed by atoms with Gasteiger partial charge in [0.05, 0.1) is 0 Å². The highest BCUT2D eigenvalue weighted by molar-refractivity contribution is 5.69. The summed E-state index contributed by atoms with van der Waals surface area (Å²) in [6, 6.07) is 38.9. The second-order valence-corrected chi connectivity index (χ2v) is 9.79. The molecule has 4 heteroatoms. The Balaban J connectivity index is 0.000000175. The van der Waals surface area contributed by atoms with Crippen molar-refractivity contribution in [2.75, 3.05) is 38.0 Å². The van der Waals surface area contributed by atoms with Gasteiger partial charge >= 0.3 is 0 Å². The fourth-order valence-corrected chi connectivity index (χ4v) is 3.95. The standard InChI is InChI=1S/C18H13.2C9H15N2/c1-3-7-15(8-4-1)17-11-13-18(14-12-17)16-9-5-2-6-10-16;2*1-4-11-7-5-9(6-8-11)10(2)3/h1-13H;2*5-8H,4H2,1-3H3/q-1;2*+1. The molecule has 0 atom stereocenters. The maximum atomic E-state index is 3.35. The van der Waals surface area contributed by atoms with E-state index in [0.29, 0.717) is 0 Å². The van der Waals surface area contributed by atoms with Crippen LogP contribution in [0.15, 0.2) is 128 Å². The Morgan fingerprint density at radius 1 is 0.500 bits per heavy atom. The van der Waals surface area contributed by atoms with Crippen LogP contribution < -0.4 is 18.9 Å². The second kappa shape index (κ2) is 15.8. The molecule has 0 unspecified atom stereocenters. The highest BCUT2D eigenvalue weighted by Gasteiger charge is 1.99. The van der Waals surface area contributed by atoms with Crippen molar-refractivity contribution < 1.29 is 9.13 Å². The van der Waals surface area contributed by atoms with Crippen LogP contribution in [0.2, 0.25) is 0 Å². The van der Waals surface area contributed by atoms with Gasteiger partial charge in [-0.15, -0.1) is 29.8 Å². The third-order valence-corrected chi connectivity index (χ3v) is 6.51. The number of pyridine rings is 2. The Kier molecular flexibility index (Phi) is 11.9. The Morgan fingerprint density at radius 2 is 0.925 bits per heavy atom. The number of nitrogens with zero attached hydrogens (tertiary/aromatic N) is 4. The van der Waals surface area contributed by atoms with Crippen LogP contribution in [0.3, 0.4) is 0 Å². The molecule has 206 valence electrons. The number of hydrogen-bond donors (Lipinski definition) is 0. The molecule has 0 spiro atoms. The molecule has 2 aromatic heterocycles. The van der Waals surface area contributed by atoms with Crippen molar-refractivity contribution in [3.8, 4) is 22.3 Å². The summed E-state index contributed by atoms with van der Waals surface area (Å²) in [6.07, 6.45) is 8.37. The molecule has 0 radical (unpaired) electrons. The van der Waals surface area contributed by atoms with Gasteiger partial charge in [0.2, 0.25) is 0 Å². The molecule has 0 bridgehead atoms. The van der Waals surface area contributed by atoms with E-state index in [1.165, 1.54) is 28.1 Å². The van der Waals surface area contributed by atoms with E-state index in [9.17, 15) is 0 Å². The summed E-state index contributed by atoms with van der Waals surface area (Å²) >= 11 is 0. The molecule has 0 aliphatic rings. The third kappa shape index (κ3) is 9.39. The number of rotatable bonds is 6. The van der Waals surface area contributed by atoms with E-state index >= 15 is 0 Å². The number of hydrogen-bond acceptors (Lipinski definition) is 2. The molecule has 0 fully saturated rings. The highest BCUT2D eigenvalue weighted by atomic mass is 15.1.